The number of aliphatic imine (C=N–C) groups is 1. The van der Waals surface area contributed by atoms with Crippen LogP contribution in [0.4, 0.5) is 0 Å². The molecule has 1 atom stereocenters. The SMILES string of the molecule is Cc1nn(C)c(C)c1CCCNC(=NCC(=O)N(C)C)NCC1CCOC1. The van der Waals surface area contributed by atoms with Crippen LogP contribution in [0.3, 0.4) is 0 Å². The Morgan fingerprint density at radius 3 is 2.74 bits per heavy atom. The van der Waals surface area contributed by atoms with Gasteiger partial charge in [0.2, 0.25) is 5.91 Å². The van der Waals surface area contributed by atoms with Crippen LogP contribution in [0.1, 0.15) is 29.8 Å². The van der Waals surface area contributed by atoms with Crippen LogP contribution in [0.5, 0.6) is 0 Å². The topological polar surface area (TPSA) is 83.8 Å². The van der Waals surface area contributed by atoms with Gasteiger partial charge in [-0.1, -0.05) is 0 Å². The molecule has 1 aromatic rings. The maximum Gasteiger partial charge on any atom is 0.243 e. The molecule has 1 saturated heterocycles. The fourth-order valence-corrected chi connectivity index (χ4v) is 3.10. The molecule has 1 aliphatic rings. The number of carbonyl (C=O) groups is 1. The highest BCUT2D eigenvalue weighted by Crippen LogP contribution is 2.13. The summed E-state index contributed by atoms with van der Waals surface area (Å²) in [4.78, 5) is 17.8. The van der Waals surface area contributed by atoms with E-state index in [0.29, 0.717) is 11.9 Å². The van der Waals surface area contributed by atoms with E-state index in [2.05, 4.69) is 34.6 Å². The summed E-state index contributed by atoms with van der Waals surface area (Å²) >= 11 is 0. The lowest BCUT2D eigenvalue weighted by atomic mass is 10.1. The van der Waals surface area contributed by atoms with E-state index < -0.39 is 0 Å². The number of rotatable bonds is 8. The van der Waals surface area contributed by atoms with Crippen molar-refractivity contribution in [2.75, 3.05) is 46.9 Å². The van der Waals surface area contributed by atoms with Crippen molar-refractivity contribution in [2.24, 2.45) is 18.0 Å². The van der Waals surface area contributed by atoms with Gasteiger partial charge in [0, 0.05) is 52.5 Å². The number of aromatic nitrogens is 2. The van der Waals surface area contributed by atoms with Crippen LogP contribution < -0.4 is 10.6 Å². The van der Waals surface area contributed by atoms with Gasteiger partial charge in [-0.25, -0.2) is 4.99 Å². The van der Waals surface area contributed by atoms with E-state index in [1.165, 1.54) is 11.3 Å². The summed E-state index contributed by atoms with van der Waals surface area (Å²) in [6.45, 7) is 7.52. The highest BCUT2D eigenvalue weighted by molar-refractivity contribution is 5.84. The lowest BCUT2D eigenvalue weighted by Crippen LogP contribution is -2.41. The minimum atomic E-state index is -0.0121. The zero-order valence-corrected chi connectivity index (χ0v) is 17.3. The van der Waals surface area contributed by atoms with Gasteiger partial charge in [-0.2, -0.15) is 5.10 Å². The molecule has 0 aliphatic carbocycles. The summed E-state index contributed by atoms with van der Waals surface area (Å²) in [5.41, 5.74) is 3.63. The van der Waals surface area contributed by atoms with Crippen LogP contribution >= 0.6 is 0 Å². The van der Waals surface area contributed by atoms with Gasteiger partial charge >= 0.3 is 0 Å². The first-order valence-corrected chi connectivity index (χ1v) is 9.67. The molecular weight excluding hydrogens is 344 g/mol. The van der Waals surface area contributed by atoms with Gasteiger partial charge in [0.15, 0.2) is 5.96 Å². The maximum absolute atomic E-state index is 11.8. The fourth-order valence-electron chi connectivity index (χ4n) is 3.10. The Balaban J connectivity index is 1.84. The molecule has 0 bridgehead atoms. The molecule has 27 heavy (non-hydrogen) atoms. The Labute approximate surface area is 162 Å². The van der Waals surface area contributed by atoms with Crippen LogP contribution in [-0.4, -0.2) is 73.5 Å². The van der Waals surface area contributed by atoms with E-state index in [9.17, 15) is 4.79 Å². The molecule has 8 heteroatoms. The largest absolute Gasteiger partial charge is 0.381 e. The average Bonchev–Trinajstić information content (AvgIpc) is 3.22. The minimum absolute atomic E-state index is 0.0121. The third-order valence-electron chi connectivity index (χ3n) is 5.01. The third kappa shape index (κ3) is 6.53. The smallest absolute Gasteiger partial charge is 0.243 e. The lowest BCUT2D eigenvalue weighted by molar-refractivity contribution is -0.127. The number of hydrogen-bond acceptors (Lipinski definition) is 4. The number of aryl methyl sites for hydroxylation is 2. The highest BCUT2D eigenvalue weighted by Gasteiger charge is 2.16. The van der Waals surface area contributed by atoms with Crippen molar-refractivity contribution >= 4 is 11.9 Å². The molecule has 0 radical (unpaired) electrons. The van der Waals surface area contributed by atoms with Gasteiger partial charge in [0.1, 0.15) is 6.54 Å². The number of hydrogen-bond donors (Lipinski definition) is 2. The number of likely N-dealkylation sites (N-methyl/N-ethyl adjacent to an activating group) is 1. The zero-order chi connectivity index (χ0) is 19.8. The third-order valence-corrected chi connectivity index (χ3v) is 5.01. The summed E-state index contributed by atoms with van der Waals surface area (Å²) in [7, 11) is 5.47. The molecule has 152 valence electrons. The second kappa shape index (κ2) is 10.3. The van der Waals surface area contributed by atoms with E-state index in [4.69, 9.17) is 4.74 Å². The number of nitrogens with zero attached hydrogens (tertiary/aromatic N) is 4. The van der Waals surface area contributed by atoms with Crippen LogP contribution in [0.15, 0.2) is 4.99 Å². The van der Waals surface area contributed by atoms with Crippen molar-refractivity contribution < 1.29 is 9.53 Å². The van der Waals surface area contributed by atoms with Gasteiger partial charge in [-0.3, -0.25) is 9.48 Å². The summed E-state index contributed by atoms with van der Waals surface area (Å²) in [5, 5.41) is 11.2. The predicted octanol–water partition coefficient (Wildman–Crippen LogP) is 0.629. The molecule has 1 fully saturated rings. The average molecular weight is 379 g/mol. The molecule has 1 aliphatic heterocycles. The van der Waals surface area contributed by atoms with Gasteiger partial charge in [-0.15, -0.1) is 0 Å². The Kier molecular flexibility index (Phi) is 8.09. The molecule has 2 rings (SSSR count). The summed E-state index contributed by atoms with van der Waals surface area (Å²) in [5.74, 6) is 1.18. The van der Waals surface area contributed by atoms with Crippen molar-refractivity contribution in [2.45, 2.75) is 33.1 Å². The van der Waals surface area contributed by atoms with E-state index in [0.717, 1.165) is 51.3 Å². The highest BCUT2D eigenvalue weighted by atomic mass is 16.5. The van der Waals surface area contributed by atoms with E-state index in [1.807, 2.05) is 11.7 Å². The van der Waals surface area contributed by atoms with Crippen LogP contribution in [-0.2, 0) is 23.0 Å². The Morgan fingerprint density at radius 2 is 2.15 bits per heavy atom. The fraction of sp³-hybridized carbons (Fsp3) is 0.737. The molecule has 1 unspecified atom stereocenters. The first-order valence-electron chi connectivity index (χ1n) is 9.67. The summed E-state index contributed by atoms with van der Waals surface area (Å²) < 4.78 is 7.36. The maximum atomic E-state index is 11.8. The molecule has 8 nitrogen and oxygen atoms in total. The van der Waals surface area contributed by atoms with Crippen LogP contribution in [0.25, 0.3) is 0 Å². The normalized spacial score (nSPS) is 17.2. The van der Waals surface area contributed by atoms with Gasteiger partial charge in [0.05, 0.1) is 12.3 Å². The van der Waals surface area contributed by atoms with Crippen molar-refractivity contribution in [3.8, 4) is 0 Å². The van der Waals surface area contributed by atoms with E-state index in [-0.39, 0.29) is 12.5 Å². The Bertz CT molecular complexity index is 647. The Morgan fingerprint density at radius 1 is 1.37 bits per heavy atom. The zero-order valence-electron chi connectivity index (χ0n) is 17.3. The first kappa shape index (κ1) is 21.2. The molecule has 1 amide bonds. The lowest BCUT2D eigenvalue weighted by Gasteiger charge is -2.16. The number of amides is 1. The molecular formula is C19H34N6O2. The Hall–Kier alpha value is -2.09. The number of carbonyl (C=O) groups excluding carboxylic acids is 1. The van der Waals surface area contributed by atoms with E-state index >= 15 is 0 Å². The summed E-state index contributed by atoms with van der Waals surface area (Å²) in [6.07, 6.45) is 3.01. The second-order valence-corrected chi connectivity index (χ2v) is 7.37. The molecule has 2 N–H and O–H groups in total. The van der Waals surface area contributed by atoms with Gasteiger partial charge in [0.25, 0.3) is 0 Å². The quantitative estimate of drug-likeness (QED) is 0.394. The van der Waals surface area contributed by atoms with Crippen molar-refractivity contribution in [3.05, 3.63) is 17.0 Å². The first-order chi connectivity index (χ1) is 12.9. The second-order valence-electron chi connectivity index (χ2n) is 7.37. The molecule has 0 saturated carbocycles. The van der Waals surface area contributed by atoms with E-state index in [1.54, 1.807) is 19.0 Å². The molecule has 0 spiro atoms. The van der Waals surface area contributed by atoms with Crippen molar-refractivity contribution in [1.29, 1.82) is 0 Å². The van der Waals surface area contributed by atoms with Gasteiger partial charge in [-0.05, 0) is 38.7 Å². The molecule has 1 aromatic heterocycles. The van der Waals surface area contributed by atoms with Crippen molar-refractivity contribution in [1.82, 2.24) is 25.3 Å². The monoisotopic (exact) mass is 378 g/mol. The number of nitrogens with one attached hydrogen (secondary N) is 2. The van der Waals surface area contributed by atoms with Crippen molar-refractivity contribution in [3.63, 3.8) is 0 Å². The van der Waals surface area contributed by atoms with Crippen LogP contribution in [0, 0.1) is 19.8 Å². The molecule has 0 aromatic carbocycles. The molecule has 2 heterocycles. The minimum Gasteiger partial charge on any atom is -0.381 e. The standard InChI is InChI=1S/C19H34N6O2/c1-14-17(15(2)25(5)23-14)7-6-9-20-19(22-12-18(26)24(3)4)21-11-16-8-10-27-13-16/h16H,6-13H2,1-5H3,(H2,20,21,22). The van der Waals surface area contributed by atoms with Gasteiger partial charge < -0.3 is 20.3 Å². The summed E-state index contributed by atoms with van der Waals surface area (Å²) in [6, 6.07) is 0. The number of guanidine groups is 1. The van der Waals surface area contributed by atoms with Crippen LogP contribution in [0.2, 0.25) is 0 Å². The number of ether oxygens (including phenoxy) is 1. The predicted molar refractivity (Wildman–Crippen MR) is 107 cm³/mol.